The summed E-state index contributed by atoms with van der Waals surface area (Å²) >= 11 is 0. The Labute approximate surface area is 112 Å². The molecular formula is C13H20N2O4. The minimum absolute atomic E-state index is 0.166. The van der Waals surface area contributed by atoms with Crippen molar-refractivity contribution in [1.29, 1.82) is 0 Å². The van der Waals surface area contributed by atoms with E-state index in [1.807, 2.05) is 13.8 Å². The predicted octanol–water partition coefficient (Wildman–Crippen LogP) is 0.233. The number of rotatable bonds is 5. The van der Waals surface area contributed by atoms with Crippen LogP contribution in [-0.2, 0) is 19.1 Å². The van der Waals surface area contributed by atoms with E-state index < -0.39 is 0 Å². The van der Waals surface area contributed by atoms with Crippen LogP contribution in [0.2, 0.25) is 0 Å². The molecule has 1 aliphatic heterocycles. The Balaban J connectivity index is 2.77. The van der Waals surface area contributed by atoms with E-state index in [1.54, 1.807) is 11.0 Å². The number of hydrogen-bond acceptors (Lipinski definition) is 5. The smallest absolute Gasteiger partial charge is 0.333 e. The zero-order valence-corrected chi connectivity index (χ0v) is 11.6. The molecule has 0 aromatic heterocycles. The van der Waals surface area contributed by atoms with Crippen LogP contribution in [0.3, 0.4) is 0 Å². The number of piperazine rings is 1. The lowest BCUT2D eigenvalue weighted by atomic mass is 10.1. The molecule has 2 amide bonds. The van der Waals surface area contributed by atoms with Crippen molar-refractivity contribution in [3.8, 4) is 0 Å². The summed E-state index contributed by atoms with van der Waals surface area (Å²) < 4.78 is 4.67. The number of ether oxygens (including phenoxy) is 1. The van der Waals surface area contributed by atoms with E-state index in [0.717, 1.165) is 0 Å². The normalized spacial score (nSPS) is 21.2. The van der Waals surface area contributed by atoms with Gasteiger partial charge in [0, 0.05) is 12.1 Å². The number of esters is 1. The van der Waals surface area contributed by atoms with Crippen molar-refractivity contribution in [1.82, 2.24) is 10.2 Å². The zero-order valence-electron chi connectivity index (χ0n) is 11.6. The number of nitrogens with one attached hydrogen (secondary N) is 1. The molecule has 1 unspecified atom stereocenters. The van der Waals surface area contributed by atoms with Gasteiger partial charge in [-0.15, -0.1) is 0 Å². The van der Waals surface area contributed by atoms with E-state index in [1.165, 1.54) is 7.11 Å². The second kappa shape index (κ2) is 7.04. The van der Waals surface area contributed by atoms with E-state index in [2.05, 4.69) is 10.1 Å². The Bertz CT molecular complexity index is 403. The summed E-state index contributed by atoms with van der Waals surface area (Å²) in [4.78, 5) is 36.2. The maximum atomic E-state index is 11.7. The van der Waals surface area contributed by atoms with Crippen LogP contribution < -0.4 is 5.32 Å². The molecule has 1 saturated heterocycles. The molecule has 1 aliphatic rings. The Morgan fingerprint density at radius 3 is 2.68 bits per heavy atom. The average Bonchev–Trinajstić information content (AvgIpc) is 2.38. The third kappa shape index (κ3) is 3.89. The summed E-state index contributed by atoms with van der Waals surface area (Å²) in [6, 6.07) is -0.329. The van der Waals surface area contributed by atoms with Crippen LogP contribution in [0.1, 0.15) is 26.7 Å². The van der Waals surface area contributed by atoms with Gasteiger partial charge in [-0.1, -0.05) is 19.9 Å². The Morgan fingerprint density at radius 2 is 2.16 bits per heavy atom. The van der Waals surface area contributed by atoms with Crippen LogP contribution in [0.4, 0.5) is 0 Å². The van der Waals surface area contributed by atoms with Gasteiger partial charge >= 0.3 is 5.97 Å². The predicted molar refractivity (Wildman–Crippen MR) is 69.2 cm³/mol. The van der Waals surface area contributed by atoms with E-state index in [9.17, 15) is 14.4 Å². The summed E-state index contributed by atoms with van der Waals surface area (Å²) in [7, 11) is 1.33. The number of imide groups is 1. The number of methoxy groups -OCH3 is 1. The first-order chi connectivity index (χ1) is 9.03. The number of hydrogen-bond donors (Lipinski definition) is 1. The molecule has 1 atom stereocenters. The van der Waals surface area contributed by atoms with Crippen molar-refractivity contribution in [3.63, 3.8) is 0 Å². The standard InChI is InChI=1S/C13H20N2O4/c1-4-9(13(18)19-3)6-7-15-8-11(16)14-12(17)10(15)5-2/h6,10H,4-5,7-8H2,1-3H3,(H,14,16,17). The van der Waals surface area contributed by atoms with E-state index in [4.69, 9.17) is 0 Å². The van der Waals surface area contributed by atoms with Crippen LogP contribution in [0, 0.1) is 0 Å². The first kappa shape index (κ1) is 15.4. The highest BCUT2D eigenvalue weighted by molar-refractivity contribution is 6.01. The third-order valence-corrected chi connectivity index (χ3v) is 3.14. The Morgan fingerprint density at radius 1 is 1.47 bits per heavy atom. The number of amides is 2. The summed E-state index contributed by atoms with van der Waals surface area (Å²) in [6.07, 6.45) is 2.89. The molecule has 19 heavy (non-hydrogen) atoms. The maximum absolute atomic E-state index is 11.7. The quantitative estimate of drug-likeness (QED) is 0.439. The molecule has 0 aliphatic carbocycles. The Hall–Kier alpha value is -1.69. The minimum Gasteiger partial charge on any atom is -0.466 e. The minimum atomic E-state index is -0.372. The molecule has 1 heterocycles. The topological polar surface area (TPSA) is 75.7 Å². The lowest BCUT2D eigenvalue weighted by Crippen LogP contribution is -2.57. The molecule has 106 valence electrons. The van der Waals surface area contributed by atoms with Crippen molar-refractivity contribution in [2.45, 2.75) is 32.7 Å². The second-order valence-corrected chi connectivity index (χ2v) is 4.34. The number of nitrogens with zero attached hydrogens (tertiary/aromatic N) is 1. The lowest BCUT2D eigenvalue weighted by Gasteiger charge is -2.32. The van der Waals surface area contributed by atoms with Gasteiger partial charge in [0.05, 0.1) is 19.7 Å². The number of carbonyl (C=O) groups excluding carboxylic acids is 3. The van der Waals surface area contributed by atoms with Gasteiger partial charge in [0.2, 0.25) is 11.8 Å². The summed E-state index contributed by atoms with van der Waals surface area (Å²) in [5.74, 6) is -0.953. The molecule has 6 nitrogen and oxygen atoms in total. The summed E-state index contributed by atoms with van der Waals surface area (Å²) in [5.41, 5.74) is 0.552. The van der Waals surface area contributed by atoms with Crippen LogP contribution in [0.15, 0.2) is 11.6 Å². The summed E-state index contributed by atoms with van der Waals surface area (Å²) in [5, 5.41) is 2.31. The molecule has 6 heteroatoms. The summed E-state index contributed by atoms with van der Waals surface area (Å²) in [6.45, 7) is 4.29. The van der Waals surface area contributed by atoms with Gasteiger partial charge in [0.15, 0.2) is 0 Å². The molecule has 0 aromatic carbocycles. The molecule has 1 N–H and O–H groups in total. The van der Waals surface area contributed by atoms with Crippen LogP contribution in [0.5, 0.6) is 0 Å². The van der Waals surface area contributed by atoms with Crippen molar-refractivity contribution in [2.24, 2.45) is 0 Å². The molecule has 0 radical (unpaired) electrons. The molecule has 0 saturated carbocycles. The average molecular weight is 268 g/mol. The van der Waals surface area contributed by atoms with Crippen molar-refractivity contribution >= 4 is 17.8 Å². The first-order valence-electron chi connectivity index (χ1n) is 6.38. The Kier molecular flexibility index (Phi) is 5.69. The maximum Gasteiger partial charge on any atom is 0.333 e. The molecule has 0 spiro atoms. The highest BCUT2D eigenvalue weighted by Crippen LogP contribution is 2.11. The fourth-order valence-corrected chi connectivity index (χ4v) is 2.09. The van der Waals surface area contributed by atoms with Crippen LogP contribution in [-0.4, -0.2) is 48.9 Å². The fourth-order valence-electron chi connectivity index (χ4n) is 2.09. The van der Waals surface area contributed by atoms with Gasteiger partial charge in [-0.25, -0.2) is 4.79 Å². The molecule has 0 bridgehead atoms. The molecule has 1 rings (SSSR count). The van der Waals surface area contributed by atoms with Gasteiger partial charge in [-0.2, -0.15) is 0 Å². The van der Waals surface area contributed by atoms with Crippen LogP contribution in [0.25, 0.3) is 0 Å². The van der Waals surface area contributed by atoms with Gasteiger partial charge in [0.25, 0.3) is 0 Å². The molecular weight excluding hydrogens is 248 g/mol. The SMILES string of the molecule is CCC(=CCN1CC(=O)NC(=O)C1CC)C(=O)OC. The van der Waals surface area contributed by atoms with Gasteiger partial charge < -0.3 is 4.74 Å². The zero-order chi connectivity index (χ0) is 14.4. The van der Waals surface area contributed by atoms with Crippen molar-refractivity contribution in [3.05, 3.63) is 11.6 Å². The third-order valence-electron chi connectivity index (χ3n) is 3.14. The van der Waals surface area contributed by atoms with Gasteiger partial charge in [-0.05, 0) is 12.8 Å². The molecule has 0 aromatic rings. The van der Waals surface area contributed by atoms with E-state index >= 15 is 0 Å². The van der Waals surface area contributed by atoms with E-state index in [0.29, 0.717) is 25.0 Å². The largest absolute Gasteiger partial charge is 0.466 e. The lowest BCUT2D eigenvalue weighted by molar-refractivity contribution is -0.139. The van der Waals surface area contributed by atoms with Gasteiger partial charge in [0.1, 0.15) is 0 Å². The number of carbonyl (C=O) groups is 3. The fraction of sp³-hybridized carbons (Fsp3) is 0.615. The van der Waals surface area contributed by atoms with Crippen LogP contribution >= 0.6 is 0 Å². The monoisotopic (exact) mass is 268 g/mol. The highest BCUT2D eigenvalue weighted by atomic mass is 16.5. The van der Waals surface area contributed by atoms with Gasteiger partial charge in [-0.3, -0.25) is 19.8 Å². The highest BCUT2D eigenvalue weighted by Gasteiger charge is 2.31. The molecule has 1 fully saturated rings. The van der Waals surface area contributed by atoms with Crippen molar-refractivity contribution < 1.29 is 19.1 Å². The van der Waals surface area contributed by atoms with Crippen molar-refractivity contribution in [2.75, 3.05) is 20.2 Å². The first-order valence-corrected chi connectivity index (χ1v) is 6.38. The second-order valence-electron chi connectivity index (χ2n) is 4.34. The van der Waals surface area contributed by atoms with E-state index in [-0.39, 0.29) is 30.4 Å².